The van der Waals surface area contributed by atoms with Crippen LogP contribution < -0.4 is 0 Å². The standard InChI is InChI=1S/C21H23Cl2NO3/c1-13(2)9-14(10-20(26)27)12-24-21(16-5-3-4-6-18(16)23)17-11-15(22)7-8-19(17)25/h3-8,11,13-14,25H,9-10,12H2,1-2H3,(H,26,27)/t14-/m0/s1. The third kappa shape index (κ3) is 6.26. The molecule has 0 fully saturated rings. The Morgan fingerprint density at radius 3 is 2.44 bits per heavy atom. The van der Waals surface area contributed by atoms with E-state index in [1.807, 2.05) is 18.2 Å². The number of carboxylic acids is 1. The Morgan fingerprint density at radius 1 is 1.11 bits per heavy atom. The average molecular weight is 408 g/mol. The highest BCUT2D eigenvalue weighted by Gasteiger charge is 2.18. The molecule has 0 aliphatic heterocycles. The third-order valence-corrected chi connectivity index (χ3v) is 4.68. The van der Waals surface area contributed by atoms with Crippen LogP contribution in [-0.4, -0.2) is 28.4 Å². The van der Waals surface area contributed by atoms with Gasteiger partial charge in [0, 0.05) is 34.1 Å². The number of carbonyl (C=O) groups is 1. The first-order valence-corrected chi connectivity index (χ1v) is 9.53. The fraction of sp³-hybridized carbons (Fsp3) is 0.333. The minimum Gasteiger partial charge on any atom is -0.507 e. The summed E-state index contributed by atoms with van der Waals surface area (Å²) in [5, 5.41) is 20.5. The van der Waals surface area contributed by atoms with Gasteiger partial charge in [0.1, 0.15) is 5.75 Å². The topological polar surface area (TPSA) is 69.9 Å². The van der Waals surface area contributed by atoms with Gasteiger partial charge >= 0.3 is 5.97 Å². The van der Waals surface area contributed by atoms with Gasteiger partial charge in [-0.05, 0) is 42.5 Å². The van der Waals surface area contributed by atoms with Crippen molar-refractivity contribution in [3.63, 3.8) is 0 Å². The van der Waals surface area contributed by atoms with Gasteiger partial charge in [0.2, 0.25) is 0 Å². The van der Waals surface area contributed by atoms with Crippen LogP contribution in [0.1, 0.15) is 37.8 Å². The van der Waals surface area contributed by atoms with E-state index in [2.05, 4.69) is 18.8 Å². The first-order valence-electron chi connectivity index (χ1n) is 8.78. The molecule has 4 nitrogen and oxygen atoms in total. The van der Waals surface area contributed by atoms with Crippen LogP contribution in [0, 0.1) is 11.8 Å². The molecule has 0 aliphatic carbocycles. The normalized spacial score (nSPS) is 13.0. The lowest BCUT2D eigenvalue weighted by Crippen LogP contribution is -2.16. The summed E-state index contributed by atoms with van der Waals surface area (Å²) in [4.78, 5) is 15.9. The van der Waals surface area contributed by atoms with Crippen molar-refractivity contribution in [2.45, 2.75) is 26.7 Å². The summed E-state index contributed by atoms with van der Waals surface area (Å²) in [6.45, 7) is 4.42. The van der Waals surface area contributed by atoms with E-state index < -0.39 is 5.97 Å². The summed E-state index contributed by atoms with van der Waals surface area (Å²) in [5.74, 6) is -0.563. The van der Waals surface area contributed by atoms with Crippen LogP contribution in [0.2, 0.25) is 10.0 Å². The second-order valence-corrected chi connectivity index (χ2v) is 7.77. The maximum absolute atomic E-state index is 11.2. The lowest BCUT2D eigenvalue weighted by atomic mass is 9.94. The molecule has 0 saturated carbocycles. The summed E-state index contributed by atoms with van der Waals surface area (Å²) in [6.07, 6.45) is 0.784. The zero-order valence-electron chi connectivity index (χ0n) is 15.3. The van der Waals surface area contributed by atoms with Gasteiger partial charge in [-0.25, -0.2) is 0 Å². The van der Waals surface area contributed by atoms with Crippen LogP contribution in [0.5, 0.6) is 5.75 Å². The molecular weight excluding hydrogens is 385 g/mol. The molecule has 0 unspecified atom stereocenters. The highest BCUT2D eigenvalue weighted by molar-refractivity contribution is 6.36. The van der Waals surface area contributed by atoms with E-state index in [1.165, 1.54) is 6.07 Å². The minimum absolute atomic E-state index is 0.0386. The Kier molecular flexibility index (Phi) is 7.69. The van der Waals surface area contributed by atoms with E-state index >= 15 is 0 Å². The van der Waals surface area contributed by atoms with Gasteiger partial charge in [0.05, 0.1) is 5.71 Å². The van der Waals surface area contributed by atoms with Gasteiger partial charge in [-0.1, -0.05) is 55.2 Å². The second kappa shape index (κ2) is 9.77. The van der Waals surface area contributed by atoms with Crippen molar-refractivity contribution in [3.8, 4) is 5.75 Å². The summed E-state index contributed by atoms with van der Waals surface area (Å²) >= 11 is 12.5. The van der Waals surface area contributed by atoms with Crippen LogP contribution in [0.15, 0.2) is 47.5 Å². The molecule has 0 heterocycles. The smallest absolute Gasteiger partial charge is 0.303 e. The van der Waals surface area contributed by atoms with Gasteiger partial charge < -0.3 is 10.2 Å². The summed E-state index contributed by atoms with van der Waals surface area (Å²) in [6, 6.07) is 11.9. The molecule has 0 aliphatic rings. The number of aromatic hydroxyl groups is 1. The molecule has 6 heteroatoms. The van der Waals surface area contributed by atoms with Crippen LogP contribution in [0.3, 0.4) is 0 Å². The van der Waals surface area contributed by atoms with E-state index in [0.717, 1.165) is 6.42 Å². The van der Waals surface area contributed by atoms with Crippen molar-refractivity contribution in [3.05, 3.63) is 63.6 Å². The molecule has 2 aromatic carbocycles. The highest BCUT2D eigenvalue weighted by atomic mass is 35.5. The molecule has 2 N–H and O–H groups in total. The van der Waals surface area contributed by atoms with E-state index in [1.54, 1.807) is 18.2 Å². The Labute approximate surface area is 169 Å². The summed E-state index contributed by atoms with van der Waals surface area (Å²) in [7, 11) is 0. The van der Waals surface area contributed by atoms with Crippen LogP contribution >= 0.6 is 23.2 Å². The average Bonchev–Trinajstić information content (AvgIpc) is 2.58. The van der Waals surface area contributed by atoms with Crippen molar-refractivity contribution in [2.24, 2.45) is 16.8 Å². The second-order valence-electron chi connectivity index (χ2n) is 6.92. The molecule has 0 amide bonds. The predicted octanol–water partition coefficient (Wildman–Crippen LogP) is 5.67. The Bertz CT molecular complexity index is 834. The number of aliphatic imine (C=N–C) groups is 1. The van der Waals surface area contributed by atoms with Crippen molar-refractivity contribution >= 4 is 34.9 Å². The van der Waals surface area contributed by atoms with Gasteiger partial charge in [-0.15, -0.1) is 0 Å². The molecule has 0 saturated heterocycles. The van der Waals surface area contributed by atoms with Gasteiger partial charge in [-0.3, -0.25) is 9.79 Å². The van der Waals surface area contributed by atoms with E-state index in [9.17, 15) is 15.0 Å². The SMILES string of the molecule is CC(C)C[C@H](CN=C(c1cc(Cl)ccc1O)c1ccccc1Cl)CC(=O)O. The van der Waals surface area contributed by atoms with Crippen molar-refractivity contribution in [1.82, 2.24) is 0 Å². The number of aliphatic carboxylic acids is 1. The summed E-state index contributed by atoms with van der Waals surface area (Å²) in [5.41, 5.74) is 1.63. The van der Waals surface area contributed by atoms with Crippen molar-refractivity contribution in [1.29, 1.82) is 0 Å². The number of hydrogen-bond donors (Lipinski definition) is 2. The summed E-state index contributed by atoms with van der Waals surface area (Å²) < 4.78 is 0. The highest BCUT2D eigenvalue weighted by Crippen LogP contribution is 2.28. The fourth-order valence-corrected chi connectivity index (χ4v) is 3.42. The number of hydrogen-bond acceptors (Lipinski definition) is 3. The maximum atomic E-state index is 11.2. The fourth-order valence-electron chi connectivity index (χ4n) is 3.02. The largest absolute Gasteiger partial charge is 0.507 e. The van der Waals surface area contributed by atoms with Gasteiger partial charge in [-0.2, -0.15) is 0 Å². The van der Waals surface area contributed by atoms with E-state index in [4.69, 9.17) is 23.2 Å². The predicted molar refractivity (Wildman–Crippen MR) is 110 cm³/mol. The number of phenolic OH excluding ortho intramolecular Hbond substituents is 1. The number of benzene rings is 2. The van der Waals surface area contributed by atoms with E-state index in [-0.39, 0.29) is 18.1 Å². The molecule has 144 valence electrons. The zero-order chi connectivity index (χ0) is 20.0. The first-order chi connectivity index (χ1) is 12.8. The zero-order valence-corrected chi connectivity index (χ0v) is 16.8. The van der Waals surface area contributed by atoms with Gasteiger partial charge in [0.15, 0.2) is 0 Å². The Morgan fingerprint density at radius 2 is 1.81 bits per heavy atom. The Balaban J connectivity index is 2.48. The third-order valence-electron chi connectivity index (χ3n) is 4.12. The van der Waals surface area contributed by atoms with Crippen LogP contribution in [0.25, 0.3) is 0 Å². The molecule has 27 heavy (non-hydrogen) atoms. The number of phenols is 1. The van der Waals surface area contributed by atoms with E-state index in [0.29, 0.717) is 39.3 Å². The lowest BCUT2D eigenvalue weighted by Gasteiger charge is -2.17. The molecule has 0 radical (unpaired) electrons. The minimum atomic E-state index is -0.847. The van der Waals surface area contributed by atoms with Gasteiger partial charge in [0.25, 0.3) is 0 Å². The van der Waals surface area contributed by atoms with Crippen molar-refractivity contribution < 1.29 is 15.0 Å². The van der Waals surface area contributed by atoms with Crippen LogP contribution in [-0.2, 0) is 4.79 Å². The number of nitrogens with zero attached hydrogens (tertiary/aromatic N) is 1. The number of halogens is 2. The number of rotatable bonds is 8. The molecule has 1 atom stereocenters. The quantitative estimate of drug-likeness (QED) is 0.553. The first kappa shape index (κ1) is 21.3. The number of carboxylic acid groups (broad SMARTS) is 1. The Hall–Kier alpha value is -2.04. The molecule has 2 rings (SSSR count). The monoisotopic (exact) mass is 407 g/mol. The lowest BCUT2D eigenvalue weighted by molar-refractivity contribution is -0.138. The molecule has 0 spiro atoms. The van der Waals surface area contributed by atoms with Crippen molar-refractivity contribution in [2.75, 3.05) is 6.54 Å². The molecule has 2 aromatic rings. The maximum Gasteiger partial charge on any atom is 0.303 e. The molecule has 0 bridgehead atoms. The molecular formula is C21H23Cl2NO3. The molecule has 0 aromatic heterocycles. The van der Waals surface area contributed by atoms with Crippen LogP contribution in [0.4, 0.5) is 0 Å².